The Hall–Kier alpha value is -1.27. The Morgan fingerprint density at radius 2 is 1.58 bits per heavy atom. The number of halogens is 1. The zero-order chi connectivity index (χ0) is 13.5. The summed E-state index contributed by atoms with van der Waals surface area (Å²) in [5.41, 5.74) is 6.64. The van der Waals surface area contributed by atoms with E-state index >= 15 is 0 Å². The summed E-state index contributed by atoms with van der Waals surface area (Å²) in [5.74, 6) is 1.71. The average molecular weight is 369 g/mol. The molecule has 0 bridgehead atoms. The minimum absolute atomic E-state index is 0.521. The van der Waals surface area contributed by atoms with Crippen molar-refractivity contribution >= 4 is 22.6 Å². The van der Waals surface area contributed by atoms with E-state index in [1.54, 1.807) is 0 Å². The van der Waals surface area contributed by atoms with Gasteiger partial charge in [0.1, 0.15) is 24.7 Å². The van der Waals surface area contributed by atoms with Gasteiger partial charge in [0.05, 0.1) is 0 Å². The fraction of sp³-hybridized carbons (Fsp3) is 0.200. The van der Waals surface area contributed by atoms with Crippen LogP contribution in [0.4, 0.5) is 0 Å². The van der Waals surface area contributed by atoms with E-state index in [4.69, 9.17) is 15.2 Å². The Bertz CT molecular complexity index is 514. The molecule has 100 valence electrons. The molecule has 2 rings (SSSR count). The molecule has 2 aromatic carbocycles. The normalized spacial score (nSPS) is 10.2. The second-order valence-corrected chi connectivity index (χ2v) is 5.25. The maximum absolute atomic E-state index is 5.60. The molecule has 0 atom stereocenters. The summed E-state index contributed by atoms with van der Waals surface area (Å²) in [5, 5.41) is 0. The van der Waals surface area contributed by atoms with Gasteiger partial charge in [-0.3, -0.25) is 0 Å². The highest BCUT2D eigenvalue weighted by Gasteiger charge is 1.97. The van der Waals surface area contributed by atoms with E-state index in [-0.39, 0.29) is 0 Å². The Balaban J connectivity index is 1.74. The molecule has 2 aromatic rings. The Morgan fingerprint density at radius 3 is 2.21 bits per heavy atom. The van der Waals surface area contributed by atoms with E-state index in [9.17, 15) is 0 Å². The van der Waals surface area contributed by atoms with E-state index in [1.807, 2.05) is 48.5 Å². The van der Waals surface area contributed by atoms with Crippen molar-refractivity contribution in [3.05, 3.63) is 57.7 Å². The van der Waals surface area contributed by atoms with E-state index in [1.165, 1.54) is 0 Å². The lowest BCUT2D eigenvalue weighted by Gasteiger charge is -2.09. The van der Waals surface area contributed by atoms with Gasteiger partial charge in [-0.25, -0.2) is 0 Å². The molecule has 0 radical (unpaired) electrons. The van der Waals surface area contributed by atoms with E-state index in [0.29, 0.717) is 19.8 Å². The Morgan fingerprint density at radius 1 is 0.895 bits per heavy atom. The van der Waals surface area contributed by atoms with Crippen LogP contribution in [0.3, 0.4) is 0 Å². The van der Waals surface area contributed by atoms with E-state index in [2.05, 4.69) is 22.6 Å². The minimum atomic E-state index is 0.521. The topological polar surface area (TPSA) is 44.5 Å². The molecule has 0 heterocycles. The van der Waals surface area contributed by atoms with Gasteiger partial charge in [-0.2, -0.15) is 0 Å². The number of nitrogens with two attached hydrogens (primary N) is 1. The highest BCUT2D eigenvalue weighted by atomic mass is 127. The van der Waals surface area contributed by atoms with Gasteiger partial charge >= 0.3 is 0 Å². The second-order valence-electron chi connectivity index (χ2n) is 4.00. The third kappa shape index (κ3) is 4.72. The van der Waals surface area contributed by atoms with Crippen molar-refractivity contribution in [2.45, 2.75) is 6.54 Å². The molecule has 0 saturated carbocycles. The third-order valence-electron chi connectivity index (χ3n) is 2.58. The first-order chi connectivity index (χ1) is 9.28. The van der Waals surface area contributed by atoms with Crippen molar-refractivity contribution in [2.24, 2.45) is 5.73 Å². The molecule has 0 aliphatic rings. The molecule has 0 saturated heterocycles. The maximum atomic E-state index is 5.60. The number of ether oxygens (including phenoxy) is 2. The molecule has 0 unspecified atom stereocenters. The van der Waals surface area contributed by atoms with Crippen LogP contribution in [0.1, 0.15) is 5.56 Å². The molecule has 3 nitrogen and oxygen atoms in total. The molecule has 0 aliphatic heterocycles. The highest BCUT2D eigenvalue weighted by molar-refractivity contribution is 14.1. The SMILES string of the molecule is NCc1ccc(OCCOc2cccc(I)c2)cc1. The first-order valence-corrected chi connectivity index (χ1v) is 7.16. The van der Waals surface area contributed by atoms with Gasteiger partial charge in [0.2, 0.25) is 0 Å². The van der Waals surface area contributed by atoms with Crippen LogP contribution in [-0.4, -0.2) is 13.2 Å². The quantitative estimate of drug-likeness (QED) is 0.628. The van der Waals surface area contributed by atoms with Crippen LogP contribution in [0.5, 0.6) is 11.5 Å². The molecule has 4 heteroatoms. The lowest BCUT2D eigenvalue weighted by atomic mass is 10.2. The highest BCUT2D eigenvalue weighted by Crippen LogP contribution is 2.15. The molecule has 2 N–H and O–H groups in total. The average Bonchev–Trinajstić information content (AvgIpc) is 2.44. The zero-order valence-corrected chi connectivity index (χ0v) is 12.7. The van der Waals surface area contributed by atoms with Crippen molar-refractivity contribution < 1.29 is 9.47 Å². The predicted octanol–water partition coefficient (Wildman–Crippen LogP) is 3.21. The molecule has 0 spiro atoms. The van der Waals surface area contributed by atoms with Crippen LogP contribution >= 0.6 is 22.6 Å². The van der Waals surface area contributed by atoms with Crippen LogP contribution in [0.15, 0.2) is 48.5 Å². The van der Waals surface area contributed by atoms with Crippen molar-refractivity contribution in [1.29, 1.82) is 0 Å². The molecular weight excluding hydrogens is 353 g/mol. The smallest absolute Gasteiger partial charge is 0.122 e. The van der Waals surface area contributed by atoms with Gasteiger partial charge in [0.15, 0.2) is 0 Å². The van der Waals surface area contributed by atoms with Crippen molar-refractivity contribution in [3.63, 3.8) is 0 Å². The predicted molar refractivity (Wildman–Crippen MR) is 84.5 cm³/mol. The number of hydrogen-bond acceptors (Lipinski definition) is 3. The van der Waals surface area contributed by atoms with Gasteiger partial charge in [0, 0.05) is 10.1 Å². The fourth-order valence-corrected chi connectivity index (χ4v) is 2.11. The minimum Gasteiger partial charge on any atom is -0.490 e. The van der Waals surface area contributed by atoms with Crippen LogP contribution < -0.4 is 15.2 Å². The van der Waals surface area contributed by atoms with Gasteiger partial charge in [-0.15, -0.1) is 0 Å². The van der Waals surface area contributed by atoms with Crippen molar-refractivity contribution in [2.75, 3.05) is 13.2 Å². The third-order valence-corrected chi connectivity index (χ3v) is 3.25. The molecule has 19 heavy (non-hydrogen) atoms. The van der Waals surface area contributed by atoms with Gasteiger partial charge in [-0.1, -0.05) is 18.2 Å². The molecule has 0 aliphatic carbocycles. The molecule has 0 amide bonds. The summed E-state index contributed by atoms with van der Waals surface area (Å²) in [6.45, 7) is 1.60. The Kier molecular flexibility index (Phi) is 5.47. The molecular formula is C15H16INO2. The van der Waals surface area contributed by atoms with Crippen molar-refractivity contribution in [1.82, 2.24) is 0 Å². The number of benzene rings is 2. The second kappa shape index (κ2) is 7.35. The Labute approximate surface area is 126 Å². The molecule has 0 fully saturated rings. The van der Waals surface area contributed by atoms with Crippen LogP contribution in [0.2, 0.25) is 0 Å². The zero-order valence-electron chi connectivity index (χ0n) is 10.5. The fourth-order valence-electron chi connectivity index (χ4n) is 1.60. The van der Waals surface area contributed by atoms with Crippen LogP contribution in [-0.2, 0) is 6.54 Å². The summed E-state index contributed by atoms with van der Waals surface area (Å²) < 4.78 is 12.4. The van der Waals surface area contributed by atoms with Gasteiger partial charge in [0.25, 0.3) is 0 Å². The lowest BCUT2D eigenvalue weighted by molar-refractivity contribution is 0.217. The summed E-state index contributed by atoms with van der Waals surface area (Å²) in [6.07, 6.45) is 0. The van der Waals surface area contributed by atoms with Crippen LogP contribution in [0, 0.1) is 3.57 Å². The van der Waals surface area contributed by atoms with E-state index < -0.39 is 0 Å². The number of rotatable bonds is 6. The first-order valence-electron chi connectivity index (χ1n) is 6.08. The van der Waals surface area contributed by atoms with Gasteiger partial charge in [-0.05, 0) is 58.5 Å². The standard InChI is InChI=1S/C15H16INO2/c16-13-2-1-3-15(10-13)19-9-8-18-14-6-4-12(11-17)5-7-14/h1-7,10H,8-9,11,17H2. The summed E-state index contributed by atoms with van der Waals surface area (Å²) in [7, 11) is 0. The maximum Gasteiger partial charge on any atom is 0.122 e. The largest absolute Gasteiger partial charge is 0.490 e. The number of hydrogen-bond donors (Lipinski definition) is 1. The van der Waals surface area contributed by atoms with Gasteiger partial charge < -0.3 is 15.2 Å². The van der Waals surface area contributed by atoms with Crippen molar-refractivity contribution in [3.8, 4) is 11.5 Å². The van der Waals surface area contributed by atoms with E-state index in [0.717, 1.165) is 20.6 Å². The first kappa shape index (κ1) is 14.1. The monoisotopic (exact) mass is 369 g/mol. The molecule has 0 aromatic heterocycles. The summed E-state index contributed by atoms with van der Waals surface area (Å²) in [6, 6.07) is 15.7. The summed E-state index contributed by atoms with van der Waals surface area (Å²) in [4.78, 5) is 0. The summed E-state index contributed by atoms with van der Waals surface area (Å²) >= 11 is 2.26. The lowest BCUT2D eigenvalue weighted by Crippen LogP contribution is -2.09. The van der Waals surface area contributed by atoms with Crippen LogP contribution in [0.25, 0.3) is 0 Å².